The molecule has 0 aromatic heterocycles. The molecule has 0 spiro atoms. The smallest absolute Gasteiger partial charge is 0.214 e. The quantitative estimate of drug-likeness (QED) is 0.281. The van der Waals surface area contributed by atoms with Gasteiger partial charge in [0.25, 0.3) is 0 Å². The van der Waals surface area contributed by atoms with Gasteiger partial charge in [-0.05, 0) is 39.7 Å². The number of amidine groups is 1. The van der Waals surface area contributed by atoms with Crippen LogP contribution in [-0.2, 0) is 0 Å². The van der Waals surface area contributed by atoms with E-state index in [-0.39, 0.29) is 5.29 Å². The molecule has 1 N–H and O–H groups in total. The molecule has 1 aromatic rings. The maximum Gasteiger partial charge on any atom is 0.214 e. The van der Waals surface area contributed by atoms with Gasteiger partial charge in [0, 0.05) is 22.7 Å². The van der Waals surface area contributed by atoms with Crippen LogP contribution in [0.3, 0.4) is 0 Å². The molecule has 0 aliphatic carbocycles. The third-order valence-electron chi connectivity index (χ3n) is 2.02. The van der Waals surface area contributed by atoms with Crippen LogP contribution < -0.4 is 4.74 Å². The Morgan fingerprint density at radius 2 is 2.32 bits per heavy atom. The molecule has 0 amide bonds. The predicted molar refractivity (Wildman–Crippen MR) is 81.0 cm³/mol. The van der Waals surface area contributed by atoms with Crippen molar-refractivity contribution in [1.82, 2.24) is 0 Å². The van der Waals surface area contributed by atoms with Gasteiger partial charge in [0.15, 0.2) is 0 Å². The van der Waals surface area contributed by atoms with Gasteiger partial charge in [-0.25, -0.2) is 4.99 Å². The Morgan fingerprint density at radius 1 is 1.53 bits per heavy atom. The van der Waals surface area contributed by atoms with Crippen molar-refractivity contribution >= 4 is 45.3 Å². The molecular formula is C13H12BrClN2O2. The van der Waals surface area contributed by atoms with Crippen molar-refractivity contribution in [2.24, 2.45) is 4.99 Å². The topological polar surface area (TPSA) is 62.5 Å². The van der Waals surface area contributed by atoms with E-state index in [1.165, 1.54) is 6.21 Å². The molecule has 1 rings (SSSR count). The standard InChI is InChI=1S/C13H12BrClN2O2/c14-11(8-17-13(15)16)4-2-6-19-12-5-1-3-10(7-12)9-18/h1,3-5,7-9,16H,2,6H2/b11-4+,16-13?,17-8?. The van der Waals surface area contributed by atoms with E-state index in [0.717, 1.165) is 10.8 Å². The normalized spacial score (nSPS) is 11.6. The second-order valence-corrected chi connectivity index (χ2v) is 4.74. The van der Waals surface area contributed by atoms with Crippen LogP contribution in [0, 0.1) is 5.41 Å². The van der Waals surface area contributed by atoms with Crippen molar-refractivity contribution in [3.63, 3.8) is 0 Å². The first-order valence-electron chi connectivity index (χ1n) is 5.43. The van der Waals surface area contributed by atoms with E-state index in [0.29, 0.717) is 24.3 Å². The fraction of sp³-hybridized carbons (Fsp3) is 0.154. The number of benzene rings is 1. The van der Waals surface area contributed by atoms with Crippen LogP contribution in [-0.4, -0.2) is 24.4 Å². The molecule has 1 aromatic carbocycles. The number of aldehydes is 1. The fourth-order valence-electron chi connectivity index (χ4n) is 1.22. The molecule has 0 heterocycles. The van der Waals surface area contributed by atoms with Crippen molar-refractivity contribution in [3.05, 3.63) is 40.4 Å². The van der Waals surface area contributed by atoms with Crippen molar-refractivity contribution in [3.8, 4) is 5.75 Å². The molecule has 0 aliphatic heterocycles. The highest BCUT2D eigenvalue weighted by molar-refractivity contribution is 9.12. The molecule has 0 radical (unpaired) electrons. The average molecular weight is 344 g/mol. The number of aliphatic imine (C=N–C) groups is 1. The zero-order valence-electron chi connectivity index (χ0n) is 9.98. The highest BCUT2D eigenvalue weighted by atomic mass is 79.9. The van der Waals surface area contributed by atoms with E-state index in [2.05, 4.69) is 20.9 Å². The summed E-state index contributed by atoms with van der Waals surface area (Å²) in [5.74, 6) is 0.658. The minimum Gasteiger partial charge on any atom is -0.493 e. The monoisotopic (exact) mass is 342 g/mol. The number of nitrogens with zero attached hydrogens (tertiary/aromatic N) is 1. The largest absolute Gasteiger partial charge is 0.493 e. The number of ether oxygens (including phenoxy) is 1. The lowest BCUT2D eigenvalue weighted by Crippen LogP contribution is -1.96. The SMILES string of the molecule is N=C(Cl)N=C/C(Br)=C\CCOc1cccc(C=O)c1. The Bertz CT molecular complexity index is 515. The molecule has 0 bridgehead atoms. The molecule has 6 heteroatoms. The van der Waals surface area contributed by atoms with Gasteiger partial charge in [0.1, 0.15) is 12.0 Å². The summed E-state index contributed by atoms with van der Waals surface area (Å²) >= 11 is 8.55. The van der Waals surface area contributed by atoms with Crippen LogP contribution in [0.2, 0.25) is 0 Å². The molecule has 100 valence electrons. The summed E-state index contributed by atoms with van der Waals surface area (Å²) in [6, 6.07) is 6.96. The van der Waals surface area contributed by atoms with Crippen molar-refractivity contribution in [2.75, 3.05) is 6.61 Å². The van der Waals surface area contributed by atoms with E-state index in [1.54, 1.807) is 24.3 Å². The lowest BCUT2D eigenvalue weighted by Gasteiger charge is -2.04. The first-order valence-corrected chi connectivity index (χ1v) is 6.60. The summed E-state index contributed by atoms with van der Waals surface area (Å²) in [6.07, 6.45) is 4.74. The summed E-state index contributed by atoms with van der Waals surface area (Å²) in [4.78, 5) is 14.2. The van der Waals surface area contributed by atoms with Gasteiger partial charge in [-0.3, -0.25) is 10.2 Å². The van der Waals surface area contributed by atoms with E-state index in [9.17, 15) is 4.79 Å². The van der Waals surface area contributed by atoms with E-state index in [4.69, 9.17) is 21.7 Å². The van der Waals surface area contributed by atoms with Crippen molar-refractivity contribution in [1.29, 1.82) is 5.41 Å². The lowest BCUT2D eigenvalue weighted by molar-refractivity contribution is 0.112. The van der Waals surface area contributed by atoms with E-state index < -0.39 is 0 Å². The van der Waals surface area contributed by atoms with Crippen LogP contribution in [0.4, 0.5) is 0 Å². The minimum atomic E-state index is -0.271. The number of hydrogen-bond donors (Lipinski definition) is 1. The number of hydrogen-bond acceptors (Lipinski definition) is 3. The van der Waals surface area contributed by atoms with Gasteiger partial charge in [-0.15, -0.1) is 0 Å². The first kappa shape index (κ1) is 15.6. The highest BCUT2D eigenvalue weighted by Gasteiger charge is 1.95. The molecule has 0 saturated heterocycles. The number of nitrogens with one attached hydrogen (secondary N) is 1. The van der Waals surface area contributed by atoms with Crippen LogP contribution >= 0.6 is 27.5 Å². The Hall–Kier alpha value is -1.46. The zero-order valence-corrected chi connectivity index (χ0v) is 12.3. The molecule has 0 atom stereocenters. The van der Waals surface area contributed by atoms with Crippen LogP contribution in [0.25, 0.3) is 0 Å². The summed E-state index contributed by atoms with van der Waals surface area (Å²) < 4.78 is 6.21. The van der Waals surface area contributed by atoms with Gasteiger partial charge >= 0.3 is 0 Å². The second kappa shape index (κ2) is 8.61. The molecule has 0 fully saturated rings. The van der Waals surface area contributed by atoms with Crippen LogP contribution in [0.15, 0.2) is 39.8 Å². The number of halogens is 2. The molecule has 0 aliphatic rings. The van der Waals surface area contributed by atoms with E-state index >= 15 is 0 Å². The second-order valence-electron chi connectivity index (χ2n) is 3.47. The summed E-state index contributed by atoms with van der Waals surface area (Å²) in [7, 11) is 0. The Morgan fingerprint density at radius 3 is 3.00 bits per heavy atom. The third-order valence-corrected chi connectivity index (χ3v) is 2.65. The maximum atomic E-state index is 10.6. The summed E-state index contributed by atoms with van der Waals surface area (Å²) in [5, 5.41) is 6.65. The van der Waals surface area contributed by atoms with Gasteiger partial charge in [0.2, 0.25) is 5.29 Å². The maximum absolute atomic E-state index is 10.6. The minimum absolute atomic E-state index is 0.271. The Kier molecular flexibility index (Phi) is 7.07. The van der Waals surface area contributed by atoms with Gasteiger partial charge < -0.3 is 4.74 Å². The lowest BCUT2D eigenvalue weighted by atomic mass is 10.2. The molecule has 4 nitrogen and oxygen atoms in total. The predicted octanol–water partition coefficient (Wildman–Crippen LogP) is 3.79. The van der Waals surface area contributed by atoms with Crippen molar-refractivity contribution in [2.45, 2.75) is 6.42 Å². The highest BCUT2D eigenvalue weighted by Crippen LogP contribution is 2.12. The molecular weight excluding hydrogens is 332 g/mol. The van der Waals surface area contributed by atoms with Gasteiger partial charge in [-0.1, -0.05) is 18.2 Å². The van der Waals surface area contributed by atoms with Crippen LogP contribution in [0.1, 0.15) is 16.8 Å². The molecule has 0 unspecified atom stereocenters. The van der Waals surface area contributed by atoms with Crippen molar-refractivity contribution < 1.29 is 9.53 Å². The summed E-state index contributed by atoms with van der Waals surface area (Å²) in [5.41, 5.74) is 0.585. The third kappa shape index (κ3) is 6.88. The molecule has 19 heavy (non-hydrogen) atoms. The van der Waals surface area contributed by atoms with Crippen LogP contribution in [0.5, 0.6) is 5.75 Å². The zero-order chi connectivity index (χ0) is 14.1. The number of allylic oxidation sites excluding steroid dienone is 1. The Balaban J connectivity index is 2.39. The molecule has 0 saturated carbocycles. The van der Waals surface area contributed by atoms with E-state index in [1.807, 2.05) is 6.08 Å². The number of carbonyl (C=O) groups excluding carboxylic acids is 1. The van der Waals surface area contributed by atoms with Gasteiger partial charge in [0.05, 0.1) is 6.61 Å². The van der Waals surface area contributed by atoms with Gasteiger partial charge in [-0.2, -0.15) is 0 Å². The summed E-state index contributed by atoms with van der Waals surface area (Å²) in [6.45, 7) is 0.476. The number of carbonyl (C=O) groups is 1. The average Bonchev–Trinajstić information content (AvgIpc) is 2.41. The first-order chi connectivity index (χ1) is 9.11. The number of rotatable bonds is 6. The fourth-order valence-corrected chi connectivity index (χ4v) is 1.60. The Labute approximate surface area is 124 Å².